The number of amides is 5. The standard InChI is InChI=1S/C20H32N4O6/c1-19(2,3)21-14(25)12-23(4)15(26)13-30-16(27)8-11-24-17(28)20(22-18(24)29)9-6-5-7-10-20/h5-13H2,1-4H3,(H,21,25)(H,22,29). The van der Waals surface area contributed by atoms with Gasteiger partial charge in [-0.15, -0.1) is 0 Å². The number of rotatable bonds is 7. The van der Waals surface area contributed by atoms with Crippen molar-refractivity contribution in [3.8, 4) is 0 Å². The summed E-state index contributed by atoms with van der Waals surface area (Å²) in [5.74, 6) is -1.83. The minimum Gasteiger partial charge on any atom is -0.456 e. The number of carbonyl (C=O) groups is 5. The van der Waals surface area contributed by atoms with Crippen LogP contribution in [-0.2, 0) is 23.9 Å². The molecule has 1 spiro atoms. The molecule has 1 heterocycles. The molecular weight excluding hydrogens is 392 g/mol. The van der Waals surface area contributed by atoms with Crippen molar-refractivity contribution in [1.82, 2.24) is 20.4 Å². The number of esters is 1. The first-order chi connectivity index (χ1) is 13.9. The van der Waals surface area contributed by atoms with Gasteiger partial charge in [0.05, 0.1) is 13.0 Å². The summed E-state index contributed by atoms with van der Waals surface area (Å²) in [5, 5.41) is 5.52. The Morgan fingerprint density at radius 3 is 2.40 bits per heavy atom. The van der Waals surface area contributed by atoms with E-state index in [-0.39, 0.29) is 31.3 Å². The van der Waals surface area contributed by atoms with Gasteiger partial charge in [0.25, 0.3) is 11.8 Å². The summed E-state index contributed by atoms with van der Waals surface area (Å²) in [7, 11) is 1.44. The van der Waals surface area contributed by atoms with Gasteiger partial charge in [0.15, 0.2) is 6.61 Å². The van der Waals surface area contributed by atoms with Crippen LogP contribution < -0.4 is 10.6 Å². The maximum Gasteiger partial charge on any atom is 0.325 e. The van der Waals surface area contributed by atoms with Crippen LogP contribution in [0.5, 0.6) is 0 Å². The fourth-order valence-corrected chi connectivity index (χ4v) is 3.66. The molecule has 2 aliphatic rings. The molecule has 1 saturated heterocycles. The summed E-state index contributed by atoms with van der Waals surface area (Å²) in [4.78, 5) is 62.9. The molecule has 1 aliphatic carbocycles. The van der Waals surface area contributed by atoms with Gasteiger partial charge in [0.1, 0.15) is 5.54 Å². The molecule has 5 amide bonds. The molecular formula is C20H32N4O6. The lowest BCUT2D eigenvalue weighted by atomic mass is 9.82. The van der Waals surface area contributed by atoms with E-state index in [1.807, 2.05) is 20.8 Å². The Morgan fingerprint density at radius 1 is 1.17 bits per heavy atom. The fraction of sp³-hybridized carbons (Fsp3) is 0.750. The van der Waals surface area contributed by atoms with Crippen LogP contribution >= 0.6 is 0 Å². The lowest BCUT2D eigenvalue weighted by Crippen LogP contribution is -2.48. The second kappa shape index (κ2) is 9.44. The van der Waals surface area contributed by atoms with Gasteiger partial charge < -0.3 is 20.3 Å². The van der Waals surface area contributed by atoms with Crippen molar-refractivity contribution in [2.45, 2.75) is 70.4 Å². The summed E-state index contributed by atoms with van der Waals surface area (Å²) in [6, 6.07) is -0.490. The van der Waals surface area contributed by atoms with Gasteiger partial charge in [-0.25, -0.2) is 4.79 Å². The van der Waals surface area contributed by atoms with Crippen molar-refractivity contribution in [2.75, 3.05) is 26.7 Å². The quantitative estimate of drug-likeness (QED) is 0.454. The zero-order valence-corrected chi connectivity index (χ0v) is 18.2. The second-order valence-electron chi connectivity index (χ2n) is 8.99. The first-order valence-corrected chi connectivity index (χ1v) is 10.3. The van der Waals surface area contributed by atoms with E-state index < -0.39 is 35.6 Å². The third-order valence-corrected chi connectivity index (χ3v) is 5.17. The van der Waals surface area contributed by atoms with E-state index in [1.165, 1.54) is 11.9 Å². The first kappa shape index (κ1) is 23.6. The molecule has 0 aromatic carbocycles. The molecule has 1 saturated carbocycles. The normalized spacial score (nSPS) is 18.2. The van der Waals surface area contributed by atoms with Gasteiger partial charge in [-0.2, -0.15) is 0 Å². The van der Waals surface area contributed by atoms with E-state index in [1.54, 1.807) is 0 Å². The van der Waals surface area contributed by atoms with Gasteiger partial charge in [0.2, 0.25) is 5.91 Å². The van der Waals surface area contributed by atoms with Crippen molar-refractivity contribution in [3.05, 3.63) is 0 Å². The number of likely N-dealkylation sites (N-methyl/N-ethyl adjacent to an activating group) is 1. The first-order valence-electron chi connectivity index (χ1n) is 10.3. The molecule has 0 bridgehead atoms. The number of urea groups is 1. The van der Waals surface area contributed by atoms with Gasteiger partial charge in [-0.3, -0.25) is 24.1 Å². The summed E-state index contributed by atoms with van der Waals surface area (Å²) < 4.78 is 4.94. The third-order valence-electron chi connectivity index (χ3n) is 5.17. The molecule has 10 nitrogen and oxygen atoms in total. The largest absolute Gasteiger partial charge is 0.456 e. The molecule has 2 N–H and O–H groups in total. The Bertz CT molecular complexity index is 709. The molecule has 0 radical (unpaired) electrons. The van der Waals surface area contributed by atoms with E-state index in [4.69, 9.17) is 4.74 Å². The molecule has 0 unspecified atom stereocenters. The lowest BCUT2D eigenvalue weighted by molar-refractivity contribution is -0.152. The van der Waals surface area contributed by atoms with Crippen molar-refractivity contribution in [1.29, 1.82) is 0 Å². The average molecular weight is 424 g/mol. The smallest absolute Gasteiger partial charge is 0.325 e. The molecule has 168 valence electrons. The van der Waals surface area contributed by atoms with Gasteiger partial charge in [0, 0.05) is 19.1 Å². The number of nitrogens with zero attached hydrogens (tertiary/aromatic N) is 2. The number of ether oxygens (including phenoxy) is 1. The van der Waals surface area contributed by atoms with Gasteiger partial charge >= 0.3 is 12.0 Å². The number of hydrogen-bond donors (Lipinski definition) is 2. The molecule has 1 aliphatic heterocycles. The monoisotopic (exact) mass is 424 g/mol. The second-order valence-corrected chi connectivity index (χ2v) is 8.99. The Labute approximate surface area is 176 Å². The Hall–Kier alpha value is -2.65. The molecule has 0 atom stereocenters. The highest BCUT2D eigenvalue weighted by atomic mass is 16.5. The third kappa shape index (κ3) is 6.17. The Balaban J connectivity index is 1.74. The minimum absolute atomic E-state index is 0.0940. The molecule has 0 aromatic heterocycles. The van der Waals surface area contributed by atoms with Crippen molar-refractivity contribution in [2.24, 2.45) is 0 Å². The van der Waals surface area contributed by atoms with Crippen molar-refractivity contribution < 1.29 is 28.7 Å². The summed E-state index contributed by atoms with van der Waals surface area (Å²) in [6.07, 6.45) is 3.83. The van der Waals surface area contributed by atoms with Crippen molar-refractivity contribution >= 4 is 29.7 Å². The van der Waals surface area contributed by atoms with E-state index in [2.05, 4.69) is 10.6 Å². The van der Waals surface area contributed by atoms with E-state index in [9.17, 15) is 24.0 Å². The SMILES string of the molecule is CN(CC(=O)NC(C)(C)C)C(=O)COC(=O)CCN1C(=O)NC2(CCCCC2)C1=O. The summed E-state index contributed by atoms with van der Waals surface area (Å²) >= 11 is 0. The van der Waals surface area contributed by atoms with E-state index in [0.29, 0.717) is 12.8 Å². The highest BCUT2D eigenvalue weighted by Crippen LogP contribution is 2.33. The highest BCUT2D eigenvalue weighted by Gasteiger charge is 2.51. The number of nitrogens with one attached hydrogen (secondary N) is 2. The van der Waals surface area contributed by atoms with Crippen LogP contribution in [0.2, 0.25) is 0 Å². The van der Waals surface area contributed by atoms with E-state index in [0.717, 1.165) is 24.2 Å². The van der Waals surface area contributed by atoms with Crippen LogP contribution in [0.3, 0.4) is 0 Å². The fourth-order valence-electron chi connectivity index (χ4n) is 3.66. The number of hydrogen-bond acceptors (Lipinski definition) is 6. The van der Waals surface area contributed by atoms with Crippen LogP contribution in [0.15, 0.2) is 0 Å². The molecule has 10 heteroatoms. The van der Waals surface area contributed by atoms with Crippen LogP contribution in [0.1, 0.15) is 59.3 Å². The van der Waals surface area contributed by atoms with Gasteiger partial charge in [-0.05, 0) is 33.6 Å². The predicted molar refractivity (Wildman–Crippen MR) is 107 cm³/mol. The minimum atomic E-state index is -0.828. The Morgan fingerprint density at radius 2 is 1.80 bits per heavy atom. The summed E-state index contributed by atoms with van der Waals surface area (Å²) in [6.45, 7) is 4.73. The highest BCUT2D eigenvalue weighted by molar-refractivity contribution is 6.07. The van der Waals surface area contributed by atoms with Gasteiger partial charge in [-0.1, -0.05) is 19.3 Å². The van der Waals surface area contributed by atoms with Crippen LogP contribution in [-0.4, -0.2) is 77.3 Å². The van der Waals surface area contributed by atoms with Crippen LogP contribution in [0.25, 0.3) is 0 Å². The maximum absolute atomic E-state index is 12.7. The summed E-state index contributed by atoms with van der Waals surface area (Å²) in [5.41, 5.74) is -1.24. The Kier molecular flexibility index (Phi) is 7.44. The maximum atomic E-state index is 12.7. The average Bonchev–Trinajstić information content (AvgIpc) is 2.86. The van der Waals surface area contributed by atoms with E-state index >= 15 is 0 Å². The van der Waals surface area contributed by atoms with Crippen LogP contribution in [0, 0.1) is 0 Å². The van der Waals surface area contributed by atoms with Crippen molar-refractivity contribution in [3.63, 3.8) is 0 Å². The number of imide groups is 1. The topological polar surface area (TPSA) is 125 Å². The lowest BCUT2D eigenvalue weighted by Gasteiger charge is -2.30. The molecule has 0 aromatic rings. The number of carbonyl (C=O) groups excluding carboxylic acids is 5. The van der Waals surface area contributed by atoms with Crippen LogP contribution in [0.4, 0.5) is 4.79 Å². The molecule has 2 rings (SSSR count). The molecule has 2 fully saturated rings. The predicted octanol–water partition coefficient (Wildman–Crippen LogP) is 0.548. The zero-order valence-electron chi connectivity index (χ0n) is 18.2. The molecule has 30 heavy (non-hydrogen) atoms. The zero-order chi connectivity index (χ0) is 22.5.